The van der Waals surface area contributed by atoms with Gasteiger partial charge in [-0.2, -0.15) is 0 Å². The van der Waals surface area contributed by atoms with Gasteiger partial charge in [-0.1, -0.05) is 35.7 Å². The molecule has 0 spiro atoms. The van der Waals surface area contributed by atoms with E-state index in [4.69, 9.17) is 11.2 Å². The summed E-state index contributed by atoms with van der Waals surface area (Å²) in [6.07, 6.45) is 9.04. The Balaban J connectivity index is 1.98. The molecule has 20 heavy (non-hydrogen) atoms. The minimum atomic E-state index is 0.311. The van der Waals surface area contributed by atoms with E-state index in [1.165, 1.54) is 19.3 Å². The Labute approximate surface area is 130 Å². The molecule has 1 aromatic rings. The molecule has 1 aromatic carbocycles. The minimum Gasteiger partial charge on any atom is -0.481 e. The van der Waals surface area contributed by atoms with Gasteiger partial charge in [-0.05, 0) is 42.9 Å². The first-order valence-corrected chi connectivity index (χ1v) is 7.87. The number of terminal acetylenes is 1. The van der Waals surface area contributed by atoms with E-state index in [2.05, 4.69) is 47.1 Å². The molecule has 0 heterocycles. The number of benzene rings is 1. The highest BCUT2D eigenvalue weighted by atomic mass is 79.9. The average Bonchev–Trinajstić information content (AvgIpc) is 2.75. The number of ether oxygens (including phenoxy) is 1. The van der Waals surface area contributed by atoms with E-state index >= 15 is 0 Å². The summed E-state index contributed by atoms with van der Waals surface area (Å²) in [6, 6.07) is 6.65. The molecule has 0 radical (unpaired) electrons. The topological polar surface area (TPSA) is 21.3 Å². The van der Waals surface area contributed by atoms with Crippen molar-refractivity contribution in [3.8, 4) is 18.1 Å². The van der Waals surface area contributed by atoms with Crippen LogP contribution in [0.25, 0.3) is 0 Å². The largest absolute Gasteiger partial charge is 0.481 e. The lowest BCUT2D eigenvalue weighted by Crippen LogP contribution is -2.27. The zero-order valence-electron chi connectivity index (χ0n) is 12.2. The van der Waals surface area contributed by atoms with Crippen molar-refractivity contribution in [3.05, 3.63) is 28.2 Å². The summed E-state index contributed by atoms with van der Waals surface area (Å²) in [7, 11) is 0. The van der Waals surface area contributed by atoms with Gasteiger partial charge in [-0.3, -0.25) is 0 Å². The second-order valence-electron chi connectivity index (χ2n) is 6.23. The molecule has 2 rings (SSSR count). The van der Waals surface area contributed by atoms with Crippen LogP contribution in [0.5, 0.6) is 5.75 Å². The number of rotatable bonds is 5. The molecule has 1 N–H and O–H groups in total. The molecule has 1 unspecified atom stereocenters. The van der Waals surface area contributed by atoms with Crippen LogP contribution in [0, 0.1) is 17.8 Å². The normalized spacial score (nSPS) is 20.6. The molecule has 1 atom stereocenters. The maximum Gasteiger partial charge on any atom is 0.148 e. The van der Waals surface area contributed by atoms with Crippen LogP contribution in [0.4, 0.5) is 0 Å². The maximum atomic E-state index is 5.60. The second-order valence-corrected chi connectivity index (χ2v) is 7.15. The standard InChI is InChI=1S/C17H22BrNO/c1-4-9-20-16-6-5-14(18)10-13(16)12-19-15-7-8-17(2,3)11-15/h1,5-6,10,15,19H,7-9,11-12H2,2-3H3. The van der Waals surface area contributed by atoms with Crippen molar-refractivity contribution in [2.24, 2.45) is 5.41 Å². The maximum absolute atomic E-state index is 5.60. The van der Waals surface area contributed by atoms with Gasteiger partial charge in [0.1, 0.15) is 12.4 Å². The lowest BCUT2D eigenvalue weighted by atomic mass is 9.92. The van der Waals surface area contributed by atoms with E-state index in [0.717, 1.165) is 22.3 Å². The molecule has 0 aromatic heterocycles. The Hall–Kier alpha value is -0.980. The molecular weight excluding hydrogens is 314 g/mol. The monoisotopic (exact) mass is 335 g/mol. The highest BCUT2D eigenvalue weighted by Crippen LogP contribution is 2.37. The lowest BCUT2D eigenvalue weighted by molar-refractivity contribution is 0.355. The lowest BCUT2D eigenvalue weighted by Gasteiger charge is -2.18. The van der Waals surface area contributed by atoms with Gasteiger partial charge in [0.25, 0.3) is 0 Å². The molecule has 1 aliphatic rings. The Bertz CT molecular complexity index is 504. The van der Waals surface area contributed by atoms with Crippen LogP contribution in [-0.2, 0) is 6.54 Å². The molecular formula is C17H22BrNO. The number of nitrogens with one attached hydrogen (secondary N) is 1. The third-order valence-electron chi connectivity index (χ3n) is 3.88. The van der Waals surface area contributed by atoms with Crippen LogP contribution >= 0.6 is 15.9 Å². The van der Waals surface area contributed by atoms with E-state index in [9.17, 15) is 0 Å². The van der Waals surface area contributed by atoms with Crippen molar-refractivity contribution in [1.82, 2.24) is 5.32 Å². The fourth-order valence-electron chi connectivity index (χ4n) is 2.81. The van der Waals surface area contributed by atoms with Gasteiger partial charge in [-0.15, -0.1) is 6.42 Å². The zero-order valence-corrected chi connectivity index (χ0v) is 13.8. The van der Waals surface area contributed by atoms with Gasteiger partial charge in [0.15, 0.2) is 0 Å². The van der Waals surface area contributed by atoms with Crippen molar-refractivity contribution in [2.75, 3.05) is 6.61 Å². The van der Waals surface area contributed by atoms with Crippen LogP contribution in [-0.4, -0.2) is 12.6 Å². The van der Waals surface area contributed by atoms with Gasteiger partial charge in [0.05, 0.1) is 0 Å². The smallest absolute Gasteiger partial charge is 0.148 e. The highest BCUT2D eigenvalue weighted by molar-refractivity contribution is 9.10. The molecule has 0 amide bonds. The summed E-state index contributed by atoms with van der Waals surface area (Å²) in [5.41, 5.74) is 1.62. The van der Waals surface area contributed by atoms with E-state index in [1.54, 1.807) is 0 Å². The van der Waals surface area contributed by atoms with Crippen molar-refractivity contribution in [1.29, 1.82) is 0 Å². The summed E-state index contributed by atoms with van der Waals surface area (Å²) in [6.45, 7) is 5.82. The number of hydrogen-bond acceptors (Lipinski definition) is 2. The van der Waals surface area contributed by atoms with Crippen molar-refractivity contribution < 1.29 is 4.74 Å². The quantitative estimate of drug-likeness (QED) is 0.817. The first-order chi connectivity index (χ1) is 9.50. The van der Waals surface area contributed by atoms with Crippen LogP contribution in [0.15, 0.2) is 22.7 Å². The third kappa shape index (κ3) is 4.26. The summed E-state index contributed by atoms with van der Waals surface area (Å²) < 4.78 is 6.66. The predicted molar refractivity (Wildman–Crippen MR) is 86.7 cm³/mol. The van der Waals surface area contributed by atoms with E-state index in [1.807, 2.05) is 12.1 Å². The number of hydrogen-bond donors (Lipinski definition) is 1. The van der Waals surface area contributed by atoms with Crippen LogP contribution < -0.4 is 10.1 Å². The molecule has 0 saturated heterocycles. The first kappa shape index (κ1) is 15.4. The van der Waals surface area contributed by atoms with Crippen molar-refractivity contribution in [2.45, 2.75) is 45.7 Å². The minimum absolute atomic E-state index is 0.311. The summed E-state index contributed by atoms with van der Waals surface area (Å²) in [5, 5.41) is 3.65. The molecule has 108 valence electrons. The molecule has 1 fully saturated rings. The van der Waals surface area contributed by atoms with Crippen LogP contribution in [0.3, 0.4) is 0 Å². The third-order valence-corrected chi connectivity index (χ3v) is 4.38. The molecule has 2 nitrogen and oxygen atoms in total. The fraction of sp³-hybridized carbons (Fsp3) is 0.529. The van der Waals surface area contributed by atoms with E-state index < -0.39 is 0 Å². The first-order valence-electron chi connectivity index (χ1n) is 7.08. The Morgan fingerprint density at radius 3 is 2.95 bits per heavy atom. The van der Waals surface area contributed by atoms with Gasteiger partial charge < -0.3 is 10.1 Å². The van der Waals surface area contributed by atoms with E-state index in [0.29, 0.717) is 18.1 Å². The average molecular weight is 336 g/mol. The predicted octanol–water partition coefficient (Wildman–Crippen LogP) is 4.13. The molecule has 1 saturated carbocycles. The zero-order chi connectivity index (χ0) is 14.6. The van der Waals surface area contributed by atoms with Crippen molar-refractivity contribution in [3.63, 3.8) is 0 Å². The Morgan fingerprint density at radius 1 is 1.50 bits per heavy atom. The SMILES string of the molecule is C#CCOc1ccc(Br)cc1CNC1CCC(C)(C)C1. The summed E-state index contributed by atoms with van der Waals surface area (Å²) >= 11 is 3.51. The van der Waals surface area contributed by atoms with E-state index in [-0.39, 0.29) is 0 Å². The van der Waals surface area contributed by atoms with Crippen LogP contribution in [0.1, 0.15) is 38.7 Å². The van der Waals surface area contributed by atoms with Gasteiger partial charge in [0.2, 0.25) is 0 Å². The van der Waals surface area contributed by atoms with Crippen molar-refractivity contribution >= 4 is 15.9 Å². The second kappa shape index (κ2) is 6.65. The Morgan fingerprint density at radius 2 is 2.30 bits per heavy atom. The molecule has 3 heteroatoms. The fourth-order valence-corrected chi connectivity index (χ4v) is 3.22. The highest BCUT2D eigenvalue weighted by Gasteiger charge is 2.30. The van der Waals surface area contributed by atoms with Gasteiger partial charge in [-0.25, -0.2) is 0 Å². The molecule has 0 bridgehead atoms. The Kier molecular flexibility index (Phi) is 5.12. The van der Waals surface area contributed by atoms with Crippen LogP contribution in [0.2, 0.25) is 0 Å². The molecule has 1 aliphatic carbocycles. The summed E-state index contributed by atoms with van der Waals surface area (Å²) in [4.78, 5) is 0. The molecule has 0 aliphatic heterocycles. The van der Waals surface area contributed by atoms with Gasteiger partial charge >= 0.3 is 0 Å². The van der Waals surface area contributed by atoms with Gasteiger partial charge in [0, 0.05) is 22.6 Å². The summed E-state index contributed by atoms with van der Waals surface area (Å²) in [5.74, 6) is 3.38. The number of halogens is 1.